The fourth-order valence-electron chi connectivity index (χ4n) is 4.98. The van der Waals surface area contributed by atoms with Crippen LogP contribution in [0.15, 0.2) is 121 Å². The van der Waals surface area contributed by atoms with E-state index in [1.165, 1.54) is 0 Å². The highest BCUT2D eigenvalue weighted by Gasteiger charge is 2.61. The number of amides is 1. The Bertz CT molecular complexity index is 1290. The van der Waals surface area contributed by atoms with Crippen LogP contribution < -0.4 is 9.64 Å². The largest absolute Gasteiger partial charge is 0.497 e. The highest BCUT2D eigenvalue weighted by molar-refractivity contribution is 6.22. The van der Waals surface area contributed by atoms with E-state index in [4.69, 9.17) is 4.74 Å². The van der Waals surface area contributed by atoms with Gasteiger partial charge in [0, 0.05) is 23.7 Å². The van der Waals surface area contributed by atoms with Gasteiger partial charge in [-0.3, -0.25) is 14.5 Å². The van der Waals surface area contributed by atoms with Crippen LogP contribution in [0.4, 0.5) is 5.69 Å². The first-order valence-corrected chi connectivity index (χ1v) is 11.3. The van der Waals surface area contributed by atoms with E-state index >= 15 is 0 Å². The zero-order valence-corrected chi connectivity index (χ0v) is 18.9. The van der Waals surface area contributed by atoms with E-state index in [-0.39, 0.29) is 18.1 Å². The minimum absolute atomic E-state index is 0.117. The van der Waals surface area contributed by atoms with Gasteiger partial charge >= 0.3 is 0 Å². The van der Waals surface area contributed by atoms with E-state index in [0.717, 1.165) is 11.3 Å². The molecule has 34 heavy (non-hydrogen) atoms. The lowest BCUT2D eigenvalue weighted by molar-refractivity contribution is -0.133. The van der Waals surface area contributed by atoms with Gasteiger partial charge in [-0.05, 0) is 41.5 Å². The van der Waals surface area contributed by atoms with Crippen molar-refractivity contribution in [3.63, 3.8) is 0 Å². The molecule has 1 amide bonds. The molecule has 5 rings (SSSR count). The van der Waals surface area contributed by atoms with E-state index in [2.05, 4.69) is 0 Å². The molecule has 1 aliphatic carbocycles. The third-order valence-corrected chi connectivity index (χ3v) is 6.58. The predicted octanol–water partition coefficient (Wildman–Crippen LogP) is 5.42. The van der Waals surface area contributed by atoms with Crippen LogP contribution in [0.1, 0.15) is 11.1 Å². The molecule has 1 aliphatic heterocycles. The molecule has 2 atom stereocenters. The van der Waals surface area contributed by atoms with Gasteiger partial charge in [-0.25, -0.2) is 0 Å². The first-order chi connectivity index (χ1) is 16.7. The molecule has 2 aliphatic rings. The second kappa shape index (κ2) is 8.99. The number of methoxy groups -OCH3 is 1. The average Bonchev–Trinajstić information content (AvgIpc) is 2.99. The number of fused-ring (bicyclic) bond motifs is 1. The van der Waals surface area contributed by atoms with Gasteiger partial charge < -0.3 is 4.74 Å². The maximum absolute atomic E-state index is 14.5. The second-order valence-corrected chi connectivity index (χ2v) is 8.44. The SMILES string of the molecule is COc1ccc(N2C(=O)[C@](C(=O)Cc3ccccc3)(c3ccccc3)[C@@H]3C=CC=CC=C32)cc1. The summed E-state index contributed by atoms with van der Waals surface area (Å²) in [5, 5.41) is 0. The number of nitrogens with zero attached hydrogens (tertiary/aromatic N) is 1. The molecule has 3 aromatic rings. The van der Waals surface area contributed by atoms with Gasteiger partial charge in [-0.2, -0.15) is 0 Å². The molecule has 168 valence electrons. The van der Waals surface area contributed by atoms with Crippen molar-refractivity contribution < 1.29 is 14.3 Å². The van der Waals surface area contributed by atoms with Crippen molar-refractivity contribution in [3.8, 4) is 5.75 Å². The second-order valence-electron chi connectivity index (χ2n) is 8.44. The number of Topliss-reactive ketones (excluding diaryl/α,β-unsaturated/α-hetero) is 1. The van der Waals surface area contributed by atoms with Crippen molar-refractivity contribution in [1.29, 1.82) is 0 Å². The van der Waals surface area contributed by atoms with Crippen molar-refractivity contribution in [3.05, 3.63) is 132 Å². The number of hydrogen-bond acceptors (Lipinski definition) is 3. The van der Waals surface area contributed by atoms with Gasteiger partial charge in [0.1, 0.15) is 11.2 Å². The summed E-state index contributed by atoms with van der Waals surface area (Å²) in [6.45, 7) is 0. The number of ketones is 1. The van der Waals surface area contributed by atoms with Gasteiger partial charge in [0.15, 0.2) is 5.78 Å². The molecular weight excluding hydrogens is 422 g/mol. The Balaban J connectivity index is 1.71. The Labute approximate surface area is 199 Å². The smallest absolute Gasteiger partial charge is 0.250 e. The molecule has 0 N–H and O–H groups in total. The van der Waals surface area contributed by atoms with Gasteiger partial charge in [0.05, 0.1) is 7.11 Å². The molecule has 1 saturated heterocycles. The normalized spacial score (nSPS) is 21.1. The maximum atomic E-state index is 14.5. The number of benzene rings is 3. The zero-order chi connectivity index (χ0) is 23.5. The molecule has 4 heteroatoms. The van der Waals surface area contributed by atoms with E-state index in [0.29, 0.717) is 17.0 Å². The molecular formula is C30H25NO3. The maximum Gasteiger partial charge on any atom is 0.250 e. The van der Waals surface area contributed by atoms with Crippen molar-refractivity contribution in [2.24, 2.45) is 5.92 Å². The fourth-order valence-corrected chi connectivity index (χ4v) is 4.98. The molecule has 0 bridgehead atoms. The summed E-state index contributed by atoms with van der Waals surface area (Å²) in [6, 6.07) is 26.4. The summed E-state index contributed by atoms with van der Waals surface area (Å²) in [7, 11) is 1.61. The van der Waals surface area contributed by atoms with Crippen LogP contribution in [0, 0.1) is 5.92 Å². The van der Waals surface area contributed by atoms with Crippen molar-refractivity contribution in [1.82, 2.24) is 0 Å². The average molecular weight is 448 g/mol. The topological polar surface area (TPSA) is 46.6 Å². The number of allylic oxidation sites excluding steroid dienone is 5. The molecule has 3 aromatic carbocycles. The lowest BCUT2D eigenvalue weighted by Crippen LogP contribution is -2.48. The Morgan fingerprint density at radius 1 is 0.882 bits per heavy atom. The van der Waals surface area contributed by atoms with E-state index < -0.39 is 11.3 Å². The minimum Gasteiger partial charge on any atom is -0.497 e. The number of anilines is 1. The van der Waals surface area contributed by atoms with E-state index in [9.17, 15) is 9.59 Å². The van der Waals surface area contributed by atoms with Gasteiger partial charge in [0.25, 0.3) is 5.91 Å². The number of hydrogen-bond donors (Lipinski definition) is 0. The molecule has 0 spiro atoms. The highest BCUT2D eigenvalue weighted by Crippen LogP contribution is 2.50. The molecule has 4 nitrogen and oxygen atoms in total. The summed E-state index contributed by atoms with van der Waals surface area (Å²) in [6.07, 6.45) is 9.85. The number of carbonyl (C=O) groups excluding carboxylic acids is 2. The lowest BCUT2D eigenvalue weighted by Gasteiger charge is -2.30. The molecule has 0 saturated carbocycles. The van der Waals surface area contributed by atoms with Crippen LogP contribution in [-0.4, -0.2) is 18.8 Å². The third kappa shape index (κ3) is 3.48. The summed E-state index contributed by atoms with van der Waals surface area (Å²) in [5.41, 5.74) is 1.71. The molecule has 0 aromatic heterocycles. The first-order valence-electron chi connectivity index (χ1n) is 11.3. The van der Waals surface area contributed by atoms with Crippen molar-refractivity contribution in [2.75, 3.05) is 12.0 Å². The lowest BCUT2D eigenvalue weighted by atomic mass is 9.66. The standard InChI is InChI=1S/C30H25NO3/c1-34-25-19-17-24(18-20-25)31-27-16-10-4-9-15-26(27)30(29(31)33,23-13-7-3-8-14-23)28(32)21-22-11-5-2-6-12-22/h2-20,26H,21H2,1H3/t26-,30-/m1/s1. The number of ether oxygens (including phenoxy) is 1. The number of rotatable bonds is 6. The van der Waals surface area contributed by atoms with Crippen LogP contribution in [0.3, 0.4) is 0 Å². The van der Waals surface area contributed by atoms with E-state index in [1.54, 1.807) is 12.0 Å². The highest BCUT2D eigenvalue weighted by atomic mass is 16.5. The van der Waals surface area contributed by atoms with Crippen LogP contribution in [0.5, 0.6) is 5.75 Å². The van der Waals surface area contributed by atoms with Crippen LogP contribution in [0.25, 0.3) is 0 Å². The molecule has 0 unspecified atom stereocenters. The van der Waals surface area contributed by atoms with Crippen LogP contribution >= 0.6 is 0 Å². The quantitative estimate of drug-likeness (QED) is 0.474. The minimum atomic E-state index is -1.37. The Hall–Kier alpha value is -4.18. The predicted molar refractivity (Wildman–Crippen MR) is 134 cm³/mol. The third-order valence-electron chi connectivity index (χ3n) is 6.58. The Morgan fingerprint density at radius 2 is 1.56 bits per heavy atom. The zero-order valence-electron chi connectivity index (χ0n) is 18.9. The van der Waals surface area contributed by atoms with Crippen molar-refractivity contribution >= 4 is 17.4 Å². The van der Waals surface area contributed by atoms with Crippen molar-refractivity contribution in [2.45, 2.75) is 11.8 Å². The van der Waals surface area contributed by atoms with Gasteiger partial charge in [0.2, 0.25) is 0 Å². The Morgan fingerprint density at radius 3 is 2.24 bits per heavy atom. The van der Waals surface area contributed by atoms with Gasteiger partial charge in [-0.1, -0.05) is 85.0 Å². The summed E-state index contributed by atoms with van der Waals surface area (Å²) < 4.78 is 5.31. The number of carbonyl (C=O) groups is 2. The monoisotopic (exact) mass is 447 g/mol. The van der Waals surface area contributed by atoms with Crippen LogP contribution in [-0.2, 0) is 21.4 Å². The fraction of sp³-hybridized carbons (Fsp3) is 0.133. The molecule has 1 heterocycles. The first kappa shape index (κ1) is 21.7. The summed E-state index contributed by atoms with van der Waals surface area (Å²) in [5.74, 6) is -0.0823. The summed E-state index contributed by atoms with van der Waals surface area (Å²) >= 11 is 0. The molecule has 1 fully saturated rings. The summed E-state index contributed by atoms with van der Waals surface area (Å²) in [4.78, 5) is 30.4. The Kier molecular flexibility index (Phi) is 5.72. The van der Waals surface area contributed by atoms with Crippen LogP contribution in [0.2, 0.25) is 0 Å². The van der Waals surface area contributed by atoms with Gasteiger partial charge in [-0.15, -0.1) is 0 Å². The molecule has 0 radical (unpaired) electrons. The van der Waals surface area contributed by atoms with E-state index in [1.807, 2.05) is 115 Å².